The first-order valence-corrected chi connectivity index (χ1v) is 21.5. The van der Waals surface area contributed by atoms with E-state index in [2.05, 4.69) is 118 Å². The Kier molecular flexibility index (Phi) is 7.12. The van der Waals surface area contributed by atoms with Crippen molar-refractivity contribution in [3.8, 4) is 0 Å². The minimum absolute atomic E-state index is 0.566. The van der Waals surface area contributed by atoms with Crippen LogP contribution in [-0.2, 0) is 0 Å². The Bertz CT molecular complexity index is 3340. The summed E-state index contributed by atoms with van der Waals surface area (Å²) in [4.78, 5) is 11.9. The molecule has 58 heavy (non-hydrogen) atoms. The van der Waals surface area contributed by atoms with Gasteiger partial charge in [0.2, 0.25) is 0 Å². The Hall–Kier alpha value is -7.35. The molecule has 0 N–H and O–H groups in total. The van der Waals surface area contributed by atoms with Gasteiger partial charge in [-0.05, 0) is 79.7 Å². The third-order valence-corrected chi connectivity index (χ3v) is 16.9. The van der Waals surface area contributed by atoms with E-state index in [-0.39, 0.29) is 0 Å². The van der Waals surface area contributed by atoms with E-state index in [1.54, 1.807) is 0 Å². The molecule has 0 saturated heterocycles. The number of furan rings is 1. The van der Waals surface area contributed by atoms with E-state index in [0.29, 0.717) is 11.1 Å². The molecule has 0 fully saturated rings. The number of imidazole rings is 1. The highest BCUT2D eigenvalue weighted by Gasteiger charge is 2.49. The summed E-state index contributed by atoms with van der Waals surface area (Å²) in [5.41, 5.74) is 6.54. The average Bonchev–Trinajstić information content (AvgIpc) is 3.94. The number of rotatable bonds is 5. The molecule has 5 nitrogen and oxygen atoms in total. The van der Waals surface area contributed by atoms with Crippen molar-refractivity contribution >= 4 is 95.3 Å². The molecule has 5 heterocycles. The summed E-state index contributed by atoms with van der Waals surface area (Å²) in [5.74, 6) is 0.746. The van der Waals surface area contributed by atoms with Gasteiger partial charge in [0, 0.05) is 51.9 Å². The van der Waals surface area contributed by atoms with Gasteiger partial charge in [-0.25, -0.2) is 14.4 Å². The van der Waals surface area contributed by atoms with Gasteiger partial charge in [0.25, 0.3) is 0 Å². The molecule has 1 atom stereocenters. The van der Waals surface area contributed by atoms with Crippen LogP contribution in [0.3, 0.4) is 0 Å². The van der Waals surface area contributed by atoms with Gasteiger partial charge in [-0.2, -0.15) is 0 Å². The van der Waals surface area contributed by atoms with Gasteiger partial charge in [0.1, 0.15) is 22.6 Å². The number of hydrogen-bond donors (Lipinski definition) is 0. The first-order chi connectivity index (χ1) is 28.7. The summed E-state index contributed by atoms with van der Waals surface area (Å²) in [6, 6.07) is 61.0. The van der Waals surface area contributed by atoms with Crippen LogP contribution < -0.4 is 25.6 Å². The maximum absolute atomic E-state index is 17.5. The third kappa shape index (κ3) is 4.62. The molecule has 0 amide bonds. The van der Waals surface area contributed by atoms with Crippen LogP contribution in [0.5, 0.6) is 0 Å². The summed E-state index contributed by atoms with van der Waals surface area (Å²) < 4.78 is 26.2. The number of benzene rings is 7. The van der Waals surface area contributed by atoms with Crippen molar-refractivity contribution in [3.05, 3.63) is 206 Å². The standard InChI is InChI=1S/C51H33FN4OSi/c52-50(33-22-24-37-38-17-7-9-19-42(38)55-28-27-54-51(55)41(37)29-33)34-23-25-47-43(30-34)56(49-21-11-12-26-53-49)44-32-46-40(39-18-8-10-20-45(39)57-46)31-48(44)58(47,35-13-3-1-4-14-35)36-15-5-2-6-16-36/h1-32,50H. The molecule has 7 heteroatoms. The smallest absolute Gasteiger partial charge is 0.184 e. The lowest BCUT2D eigenvalue weighted by Gasteiger charge is -2.45. The third-order valence-electron chi connectivity index (χ3n) is 12.1. The molecule has 1 aliphatic heterocycles. The van der Waals surface area contributed by atoms with E-state index in [9.17, 15) is 0 Å². The molecule has 4 aromatic heterocycles. The Morgan fingerprint density at radius 2 is 1.19 bits per heavy atom. The zero-order valence-corrected chi connectivity index (χ0v) is 32.1. The van der Waals surface area contributed by atoms with Crippen molar-refractivity contribution in [1.82, 2.24) is 14.4 Å². The number of anilines is 3. The van der Waals surface area contributed by atoms with Crippen molar-refractivity contribution in [2.24, 2.45) is 0 Å². The highest BCUT2D eigenvalue weighted by Crippen LogP contribution is 2.43. The van der Waals surface area contributed by atoms with Crippen LogP contribution in [0.25, 0.3) is 49.3 Å². The minimum Gasteiger partial charge on any atom is -0.456 e. The fourth-order valence-corrected chi connectivity index (χ4v) is 14.7. The Balaban J connectivity index is 1.15. The topological polar surface area (TPSA) is 46.6 Å². The predicted octanol–water partition coefficient (Wildman–Crippen LogP) is 10.2. The Morgan fingerprint density at radius 1 is 0.500 bits per heavy atom. The monoisotopic (exact) mass is 764 g/mol. The van der Waals surface area contributed by atoms with Crippen LogP contribution in [0.4, 0.5) is 21.6 Å². The molecule has 0 saturated carbocycles. The number of nitrogens with zero attached hydrogens (tertiary/aromatic N) is 4. The van der Waals surface area contributed by atoms with Crippen LogP contribution in [0.2, 0.25) is 0 Å². The minimum atomic E-state index is -3.10. The predicted molar refractivity (Wildman–Crippen MR) is 237 cm³/mol. The molecule has 0 spiro atoms. The second-order valence-corrected chi connectivity index (χ2v) is 18.8. The summed E-state index contributed by atoms with van der Waals surface area (Å²) in [5, 5.41) is 10.1. The van der Waals surface area contributed by atoms with E-state index in [4.69, 9.17) is 14.4 Å². The first kappa shape index (κ1) is 32.8. The second kappa shape index (κ2) is 12.6. The van der Waals surface area contributed by atoms with Gasteiger partial charge in [0.05, 0.1) is 11.2 Å². The van der Waals surface area contributed by atoms with Gasteiger partial charge in [0.15, 0.2) is 14.2 Å². The molecule has 7 aromatic carbocycles. The molecule has 12 rings (SSSR count). The first-order valence-electron chi connectivity index (χ1n) is 19.5. The molecular weight excluding hydrogens is 732 g/mol. The van der Waals surface area contributed by atoms with Crippen LogP contribution >= 0.6 is 0 Å². The highest BCUT2D eigenvalue weighted by atomic mass is 28.3. The summed E-state index contributed by atoms with van der Waals surface area (Å²) in [6.45, 7) is 0. The van der Waals surface area contributed by atoms with Gasteiger partial charge in [-0.3, -0.25) is 9.30 Å². The fraction of sp³-hybridized carbons (Fsp3) is 0.0196. The Labute approximate surface area is 333 Å². The van der Waals surface area contributed by atoms with Crippen molar-refractivity contribution < 1.29 is 8.81 Å². The van der Waals surface area contributed by atoms with Crippen LogP contribution in [0.1, 0.15) is 17.3 Å². The van der Waals surface area contributed by atoms with Crippen LogP contribution in [-0.4, -0.2) is 22.4 Å². The molecule has 1 aliphatic rings. The molecule has 0 aliphatic carbocycles. The lowest BCUT2D eigenvalue weighted by atomic mass is 9.97. The number of pyridine rings is 2. The van der Waals surface area contributed by atoms with Crippen molar-refractivity contribution in [1.29, 1.82) is 0 Å². The van der Waals surface area contributed by atoms with Crippen molar-refractivity contribution in [2.45, 2.75) is 6.17 Å². The SMILES string of the molecule is FC(c1ccc2c(c1)N(c1ccccn1)c1cc3oc4ccccc4c3cc1[Si]2(c1ccccc1)c1ccccc1)c1ccc2c3ccccc3n3ccnc3c2c1. The Morgan fingerprint density at radius 3 is 1.98 bits per heavy atom. The van der Waals surface area contributed by atoms with E-state index >= 15 is 4.39 Å². The number of para-hydroxylation sites is 2. The fourth-order valence-electron chi connectivity index (χ4n) is 9.57. The highest BCUT2D eigenvalue weighted by molar-refractivity contribution is 7.21. The number of halogens is 1. The normalized spacial score (nSPS) is 14.0. The molecule has 11 aromatic rings. The molecule has 0 radical (unpaired) electrons. The molecule has 1 unspecified atom stereocenters. The van der Waals surface area contributed by atoms with Crippen molar-refractivity contribution in [2.75, 3.05) is 4.90 Å². The van der Waals surface area contributed by atoms with E-state index in [1.165, 1.54) is 15.6 Å². The van der Waals surface area contributed by atoms with Crippen LogP contribution in [0.15, 0.2) is 199 Å². The number of hydrogen-bond acceptors (Lipinski definition) is 4. The maximum Gasteiger partial charge on any atom is 0.184 e. The molecule has 274 valence electrons. The summed E-state index contributed by atoms with van der Waals surface area (Å²) in [7, 11) is -3.10. The molecular formula is C51H33FN4OSi. The van der Waals surface area contributed by atoms with E-state index in [1.807, 2.05) is 85.3 Å². The second-order valence-electron chi connectivity index (χ2n) is 15.1. The average molecular weight is 765 g/mol. The zero-order valence-electron chi connectivity index (χ0n) is 31.1. The largest absolute Gasteiger partial charge is 0.456 e. The van der Waals surface area contributed by atoms with Crippen molar-refractivity contribution in [3.63, 3.8) is 0 Å². The number of aromatic nitrogens is 3. The quantitative estimate of drug-likeness (QED) is 0.129. The van der Waals surface area contributed by atoms with Gasteiger partial charge >= 0.3 is 0 Å². The lowest BCUT2D eigenvalue weighted by Crippen LogP contribution is -2.77. The number of alkyl halides is 1. The number of fused-ring (bicyclic) bond motifs is 11. The van der Waals surface area contributed by atoms with Gasteiger partial charge < -0.3 is 4.42 Å². The summed E-state index contributed by atoms with van der Waals surface area (Å²) in [6.07, 6.45) is 4.19. The summed E-state index contributed by atoms with van der Waals surface area (Å²) >= 11 is 0. The van der Waals surface area contributed by atoms with E-state index < -0.39 is 14.2 Å². The van der Waals surface area contributed by atoms with Gasteiger partial charge in [-0.1, -0.05) is 127 Å². The molecule has 0 bridgehead atoms. The van der Waals surface area contributed by atoms with Gasteiger partial charge in [-0.15, -0.1) is 0 Å². The lowest BCUT2D eigenvalue weighted by molar-refractivity contribution is 0.402. The van der Waals surface area contributed by atoms with E-state index in [0.717, 1.165) is 71.6 Å². The van der Waals surface area contributed by atoms with Crippen LogP contribution in [0, 0.1) is 0 Å². The maximum atomic E-state index is 17.5. The zero-order chi connectivity index (χ0) is 38.4.